The number of hydrogen-bond acceptors (Lipinski definition) is 2. The summed E-state index contributed by atoms with van der Waals surface area (Å²) in [6.45, 7) is 1.99. The van der Waals surface area contributed by atoms with Crippen LogP contribution < -0.4 is 0 Å². The van der Waals surface area contributed by atoms with E-state index in [0.717, 1.165) is 17.8 Å². The minimum absolute atomic E-state index is 0.141. The third kappa shape index (κ3) is 2.84. The number of aromatic amines is 1. The molecule has 0 saturated heterocycles. The molecule has 0 aliphatic heterocycles. The van der Waals surface area contributed by atoms with Crippen LogP contribution in [0, 0.1) is 0 Å². The van der Waals surface area contributed by atoms with Gasteiger partial charge >= 0.3 is 5.97 Å². The molecule has 13 heavy (non-hydrogen) atoms. The van der Waals surface area contributed by atoms with Gasteiger partial charge in [-0.15, -0.1) is 0 Å². The maximum absolute atomic E-state index is 10.3. The molecule has 72 valence electrons. The molecule has 1 rings (SSSR count). The molecule has 0 bridgehead atoms. The average molecular weight is 247 g/mol. The lowest BCUT2D eigenvalue weighted by Crippen LogP contribution is -1.99. The molecule has 0 fully saturated rings. The van der Waals surface area contributed by atoms with Crippen molar-refractivity contribution in [3.05, 3.63) is 16.1 Å². The largest absolute Gasteiger partial charge is 0.481 e. The SMILES string of the molecule is CCc1nc(Br)[nH]c1CCC(=O)O. The number of aromatic nitrogens is 2. The third-order valence-corrected chi connectivity index (χ3v) is 2.13. The van der Waals surface area contributed by atoms with Crippen molar-refractivity contribution in [1.82, 2.24) is 9.97 Å². The summed E-state index contributed by atoms with van der Waals surface area (Å²) in [6, 6.07) is 0. The van der Waals surface area contributed by atoms with Crippen molar-refractivity contribution >= 4 is 21.9 Å². The molecule has 0 amide bonds. The summed E-state index contributed by atoms with van der Waals surface area (Å²) < 4.78 is 0.671. The Morgan fingerprint density at radius 3 is 2.92 bits per heavy atom. The van der Waals surface area contributed by atoms with Gasteiger partial charge in [-0.25, -0.2) is 4.98 Å². The molecule has 0 atom stereocenters. The Labute approximate surface area is 84.5 Å². The van der Waals surface area contributed by atoms with Gasteiger partial charge in [0, 0.05) is 5.69 Å². The molecule has 5 heteroatoms. The highest BCUT2D eigenvalue weighted by Gasteiger charge is 2.08. The topological polar surface area (TPSA) is 66.0 Å². The number of carboxylic acid groups (broad SMARTS) is 1. The standard InChI is InChI=1S/C8H11BrN2O2/c1-2-5-6(3-4-7(12)13)11-8(9)10-5/h2-4H2,1H3,(H,10,11)(H,12,13). The maximum Gasteiger partial charge on any atom is 0.303 e. The predicted octanol–water partition coefficient (Wildman–Crippen LogP) is 1.75. The number of imidazole rings is 1. The van der Waals surface area contributed by atoms with Crippen molar-refractivity contribution in [3.8, 4) is 0 Å². The van der Waals surface area contributed by atoms with Crippen LogP contribution in [0.25, 0.3) is 0 Å². The van der Waals surface area contributed by atoms with Crippen LogP contribution in [0.3, 0.4) is 0 Å². The molecular formula is C8H11BrN2O2. The number of halogens is 1. The number of nitrogens with one attached hydrogen (secondary N) is 1. The van der Waals surface area contributed by atoms with Crippen LogP contribution >= 0.6 is 15.9 Å². The van der Waals surface area contributed by atoms with E-state index in [9.17, 15) is 4.79 Å². The lowest BCUT2D eigenvalue weighted by Gasteiger charge is -1.96. The Balaban J connectivity index is 2.69. The van der Waals surface area contributed by atoms with Crippen molar-refractivity contribution in [2.75, 3.05) is 0 Å². The van der Waals surface area contributed by atoms with Gasteiger partial charge in [0.1, 0.15) is 0 Å². The molecule has 0 aliphatic carbocycles. The Morgan fingerprint density at radius 1 is 1.69 bits per heavy atom. The highest BCUT2D eigenvalue weighted by Crippen LogP contribution is 2.13. The minimum Gasteiger partial charge on any atom is -0.481 e. The summed E-state index contributed by atoms with van der Waals surface area (Å²) in [4.78, 5) is 17.5. The number of H-pyrrole nitrogens is 1. The smallest absolute Gasteiger partial charge is 0.303 e. The second-order valence-corrected chi connectivity index (χ2v) is 3.45. The number of aryl methyl sites for hydroxylation is 2. The second kappa shape index (κ2) is 4.41. The Bertz CT molecular complexity index is 309. The molecule has 0 aliphatic rings. The van der Waals surface area contributed by atoms with Gasteiger partial charge in [0.25, 0.3) is 0 Å². The quantitative estimate of drug-likeness (QED) is 0.851. The Morgan fingerprint density at radius 2 is 2.38 bits per heavy atom. The van der Waals surface area contributed by atoms with E-state index in [0.29, 0.717) is 11.2 Å². The summed E-state index contributed by atoms with van der Waals surface area (Å²) in [6.07, 6.45) is 1.47. The van der Waals surface area contributed by atoms with Crippen LogP contribution in [0.2, 0.25) is 0 Å². The van der Waals surface area contributed by atoms with Crippen LogP contribution in [0.1, 0.15) is 24.7 Å². The highest BCUT2D eigenvalue weighted by atomic mass is 79.9. The van der Waals surface area contributed by atoms with Gasteiger partial charge in [-0.05, 0) is 28.8 Å². The van der Waals surface area contributed by atoms with Crippen molar-refractivity contribution in [1.29, 1.82) is 0 Å². The third-order valence-electron chi connectivity index (χ3n) is 1.76. The van der Waals surface area contributed by atoms with Crippen molar-refractivity contribution in [2.45, 2.75) is 26.2 Å². The fourth-order valence-electron chi connectivity index (χ4n) is 1.14. The molecule has 0 radical (unpaired) electrons. The minimum atomic E-state index is -0.784. The van der Waals surface area contributed by atoms with Crippen LogP contribution in [-0.4, -0.2) is 21.0 Å². The summed E-state index contributed by atoms with van der Waals surface area (Å²) in [5, 5.41) is 8.50. The molecule has 1 heterocycles. The van der Waals surface area contributed by atoms with Crippen LogP contribution in [0.4, 0.5) is 0 Å². The number of nitrogens with zero attached hydrogens (tertiary/aromatic N) is 1. The summed E-state index contributed by atoms with van der Waals surface area (Å²) in [7, 11) is 0. The maximum atomic E-state index is 10.3. The van der Waals surface area contributed by atoms with E-state index < -0.39 is 5.97 Å². The van der Waals surface area contributed by atoms with Gasteiger partial charge in [-0.2, -0.15) is 0 Å². The van der Waals surface area contributed by atoms with Crippen molar-refractivity contribution < 1.29 is 9.90 Å². The zero-order valence-electron chi connectivity index (χ0n) is 7.30. The first-order valence-electron chi connectivity index (χ1n) is 4.08. The predicted molar refractivity (Wildman–Crippen MR) is 51.6 cm³/mol. The first-order valence-corrected chi connectivity index (χ1v) is 4.87. The molecular weight excluding hydrogens is 236 g/mol. The van der Waals surface area contributed by atoms with Gasteiger partial charge in [-0.3, -0.25) is 4.79 Å². The van der Waals surface area contributed by atoms with Gasteiger partial charge in [0.05, 0.1) is 12.1 Å². The van der Waals surface area contributed by atoms with Crippen LogP contribution in [0.15, 0.2) is 4.73 Å². The molecule has 2 N–H and O–H groups in total. The van der Waals surface area contributed by atoms with E-state index in [2.05, 4.69) is 25.9 Å². The molecule has 0 saturated carbocycles. The summed E-state index contributed by atoms with van der Waals surface area (Å²) in [5.41, 5.74) is 1.85. The first-order chi connectivity index (χ1) is 6.13. The molecule has 1 aromatic heterocycles. The van der Waals surface area contributed by atoms with E-state index in [4.69, 9.17) is 5.11 Å². The molecule has 0 aromatic carbocycles. The van der Waals surface area contributed by atoms with Crippen LogP contribution in [0.5, 0.6) is 0 Å². The highest BCUT2D eigenvalue weighted by molar-refractivity contribution is 9.10. The number of carboxylic acids is 1. The van der Waals surface area contributed by atoms with Gasteiger partial charge < -0.3 is 10.1 Å². The Hall–Kier alpha value is -0.840. The number of hydrogen-bond donors (Lipinski definition) is 2. The monoisotopic (exact) mass is 246 g/mol. The zero-order chi connectivity index (χ0) is 9.84. The second-order valence-electron chi connectivity index (χ2n) is 2.70. The van der Waals surface area contributed by atoms with E-state index in [-0.39, 0.29) is 6.42 Å². The summed E-state index contributed by atoms with van der Waals surface area (Å²) in [5.74, 6) is -0.784. The number of carbonyl (C=O) groups is 1. The van der Waals surface area contributed by atoms with Crippen LogP contribution in [-0.2, 0) is 17.6 Å². The first kappa shape index (κ1) is 10.2. The van der Waals surface area contributed by atoms with E-state index >= 15 is 0 Å². The van der Waals surface area contributed by atoms with Crippen molar-refractivity contribution in [3.63, 3.8) is 0 Å². The average Bonchev–Trinajstić information content (AvgIpc) is 2.42. The normalized spacial score (nSPS) is 10.3. The molecule has 1 aromatic rings. The fourth-order valence-corrected chi connectivity index (χ4v) is 1.60. The molecule has 0 unspecified atom stereocenters. The lowest BCUT2D eigenvalue weighted by atomic mass is 10.2. The van der Waals surface area contributed by atoms with E-state index in [1.54, 1.807) is 0 Å². The lowest BCUT2D eigenvalue weighted by molar-refractivity contribution is -0.136. The fraction of sp³-hybridized carbons (Fsp3) is 0.500. The zero-order valence-corrected chi connectivity index (χ0v) is 8.89. The summed E-state index contributed by atoms with van der Waals surface area (Å²) >= 11 is 3.22. The van der Waals surface area contributed by atoms with Gasteiger partial charge in [-0.1, -0.05) is 6.92 Å². The number of rotatable bonds is 4. The van der Waals surface area contributed by atoms with Gasteiger partial charge in [0.15, 0.2) is 4.73 Å². The molecule has 4 nitrogen and oxygen atoms in total. The van der Waals surface area contributed by atoms with E-state index in [1.165, 1.54) is 0 Å². The Kier molecular flexibility index (Phi) is 3.48. The van der Waals surface area contributed by atoms with Gasteiger partial charge in [0.2, 0.25) is 0 Å². The number of aliphatic carboxylic acids is 1. The van der Waals surface area contributed by atoms with E-state index in [1.807, 2.05) is 6.92 Å². The molecule has 0 spiro atoms. The van der Waals surface area contributed by atoms with Crippen molar-refractivity contribution in [2.24, 2.45) is 0 Å².